The molecule has 1 aliphatic heterocycles. The standard InChI is InChI=1S/C14H14N4O/c1-11-13(9-17-8-7-15-10-17)16-18(14(11)19)12-5-3-2-4-6-12/h2-8,10-11H,9H2,1H3. The zero-order valence-corrected chi connectivity index (χ0v) is 10.6. The highest BCUT2D eigenvalue weighted by Crippen LogP contribution is 2.23. The van der Waals surface area contributed by atoms with Crippen LogP contribution >= 0.6 is 0 Å². The molecule has 1 unspecified atom stereocenters. The zero-order chi connectivity index (χ0) is 13.2. The predicted molar refractivity (Wildman–Crippen MR) is 72.8 cm³/mol. The summed E-state index contributed by atoms with van der Waals surface area (Å²) in [6, 6.07) is 9.49. The Bertz CT molecular complexity index is 604. The van der Waals surface area contributed by atoms with E-state index in [1.54, 1.807) is 12.5 Å². The Balaban J connectivity index is 1.87. The monoisotopic (exact) mass is 254 g/mol. The van der Waals surface area contributed by atoms with E-state index in [0.29, 0.717) is 6.54 Å². The van der Waals surface area contributed by atoms with Crippen LogP contribution in [0.25, 0.3) is 0 Å². The molecule has 0 bridgehead atoms. The molecule has 19 heavy (non-hydrogen) atoms. The molecule has 0 saturated heterocycles. The molecule has 0 aliphatic carbocycles. The van der Waals surface area contributed by atoms with E-state index >= 15 is 0 Å². The van der Waals surface area contributed by atoms with Gasteiger partial charge in [0.05, 0.1) is 30.2 Å². The Morgan fingerprint density at radius 2 is 2.05 bits per heavy atom. The molecule has 1 aromatic heterocycles. The number of anilines is 1. The van der Waals surface area contributed by atoms with E-state index < -0.39 is 0 Å². The Kier molecular flexibility index (Phi) is 2.87. The van der Waals surface area contributed by atoms with Gasteiger partial charge >= 0.3 is 0 Å². The van der Waals surface area contributed by atoms with Crippen LogP contribution in [0.3, 0.4) is 0 Å². The molecule has 0 N–H and O–H groups in total. The Morgan fingerprint density at radius 1 is 1.26 bits per heavy atom. The van der Waals surface area contributed by atoms with Crippen molar-refractivity contribution in [3.05, 3.63) is 49.1 Å². The van der Waals surface area contributed by atoms with Gasteiger partial charge in [0.1, 0.15) is 0 Å². The van der Waals surface area contributed by atoms with Crippen LogP contribution in [-0.4, -0.2) is 21.2 Å². The molecular formula is C14H14N4O. The topological polar surface area (TPSA) is 50.5 Å². The fourth-order valence-corrected chi connectivity index (χ4v) is 2.08. The van der Waals surface area contributed by atoms with Gasteiger partial charge in [-0.15, -0.1) is 0 Å². The summed E-state index contributed by atoms with van der Waals surface area (Å²) < 4.78 is 1.91. The van der Waals surface area contributed by atoms with E-state index in [1.165, 1.54) is 5.01 Å². The molecule has 96 valence electrons. The van der Waals surface area contributed by atoms with Gasteiger partial charge in [-0.1, -0.05) is 18.2 Å². The number of imidazole rings is 1. The predicted octanol–water partition coefficient (Wildman–Crippen LogP) is 1.92. The second-order valence-electron chi connectivity index (χ2n) is 4.53. The fourth-order valence-electron chi connectivity index (χ4n) is 2.08. The average molecular weight is 254 g/mol. The number of carbonyl (C=O) groups excluding carboxylic acids is 1. The minimum Gasteiger partial charge on any atom is -0.332 e. The number of nitrogens with zero attached hydrogens (tertiary/aromatic N) is 4. The van der Waals surface area contributed by atoms with Crippen molar-refractivity contribution in [2.75, 3.05) is 5.01 Å². The third-order valence-corrected chi connectivity index (χ3v) is 3.21. The van der Waals surface area contributed by atoms with Crippen molar-refractivity contribution in [2.45, 2.75) is 13.5 Å². The first-order valence-electron chi connectivity index (χ1n) is 6.18. The van der Waals surface area contributed by atoms with Crippen LogP contribution in [0.15, 0.2) is 54.2 Å². The summed E-state index contributed by atoms with van der Waals surface area (Å²) in [5, 5.41) is 5.93. The highest BCUT2D eigenvalue weighted by molar-refractivity contribution is 6.15. The van der Waals surface area contributed by atoms with Crippen molar-refractivity contribution >= 4 is 17.3 Å². The molecule has 2 aromatic rings. The van der Waals surface area contributed by atoms with E-state index in [1.807, 2.05) is 48.0 Å². The first kappa shape index (κ1) is 11.6. The van der Waals surface area contributed by atoms with Gasteiger partial charge in [0.2, 0.25) is 0 Å². The largest absolute Gasteiger partial charge is 0.332 e. The van der Waals surface area contributed by atoms with Crippen LogP contribution in [0, 0.1) is 5.92 Å². The summed E-state index contributed by atoms with van der Waals surface area (Å²) >= 11 is 0. The molecule has 0 fully saturated rings. The minimum atomic E-state index is -0.192. The van der Waals surface area contributed by atoms with Crippen molar-refractivity contribution in [3.63, 3.8) is 0 Å². The van der Waals surface area contributed by atoms with E-state index in [0.717, 1.165) is 11.4 Å². The van der Waals surface area contributed by atoms with Gasteiger partial charge in [0.15, 0.2) is 0 Å². The first-order valence-corrected chi connectivity index (χ1v) is 6.18. The number of aromatic nitrogens is 2. The molecule has 1 amide bonds. The summed E-state index contributed by atoms with van der Waals surface area (Å²) in [5.74, 6) is -0.177. The van der Waals surface area contributed by atoms with Crippen LogP contribution in [0.1, 0.15) is 6.92 Å². The van der Waals surface area contributed by atoms with E-state index in [-0.39, 0.29) is 11.8 Å². The lowest BCUT2D eigenvalue weighted by Crippen LogP contribution is -2.26. The molecular weight excluding hydrogens is 240 g/mol. The van der Waals surface area contributed by atoms with Gasteiger partial charge in [-0.25, -0.2) is 9.99 Å². The molecule has 0 saturated carbocycles. The number of rotatable bonds is 3. The van der Waals surface area contributed by atoms with Crippen molar-refractivity contribution in [1.82, 2.24) is 9.55 Å². The lowest BCUT2D eigenvalue weighted by Gasteiger charge is -2.11. The smallest absolute Gasteiger partial charge is 0.256 e. The summed E-state index contributed by atoms with van der Waals surface area (Å²) in [7, 11) is 0. The van der Waals surface area contributed by atoms with E-state index in [2.05, 4.69) is 10.1 Å². The average Bonchev–Trinajstić information content (AvgIpc) is 3.04. The fraction of sp³-hybridized carbons (Fsp3) is 0.214. The maximum absolute atomic E-state index is 12.2. The third kappa shape index (κ3) is 2.14. The highest BCUT2D eigenvalue weighted by Gasteiger charge is 2.32. The number of hydrazone groups is 1. The number of hydrogen-bond donors (Lipinski definition) is 0. The van der Waals surface area contributed by atoms with Crippen LogP contribution < -0.4 is 5.01 Å². The summed E-state index contributed by atoms with van der Waals surface area (Å²) in [5.41, 5.74) is 1.66. The molecule has 5 nitrogen and oxygen atoms in total. The number of benzene rings is 1. The Hall–Kier alpha value is -2.43. The number of carbonyl (C=O) groups is 1. The second kappa shape index (κ2) is 4.68. The quantitative estimate of drug-likeness (QED) is 0.840. The van der Waals surface area contributed by atoms with Gasteiger partial charge < -0.3 is 4.57 Å². The zero-order valence-electron chi connectivity index (χ0n) is 10.6. The van der Waals surface area contributed by atoms with Gasteiger partial charge in [-0.3, -0.25) is 4.79 Å². The highest BCUT2D eigenvalue weighted by atomic mass is 16.2. The third-order valence-electron chi connectivity index (χ3n) is 3.21. The summed E-state index contributed by atoms with van der Waals surface area (Å²) in [4.78, 5) is 16.2. The number of para-hydroxylation sites is 1. The maximum atomic E-state index is 12.2. The maximum Gasteiger partial charge on any atom is 0.256 e. The van der Waals surface area contributed by atoms with E-state index in [9.17, 15) is 4.79 Å². The summed E-state index contributed by atoms with van der Waals surface area (Å²) in [6.07, 6.45) is 5.31. The molecule has 0 radical (unpaired) electrons. The van der Waals surface area contributed by atoms with Crippen LogP contribution in [0.4, 0.5) is 5.69 Å². The molecule has 1 aromatic carbocycles. The van der Waals surface area contributed by atoms with Crippen molar-refractivity contribution in [2.24, 2.45) is 11.0 Å². The minimum absolute atomic E-state index is 0.0151. The van der Waals surface area contributed by atoms with Crippen molar-refractivity contribution < 1.29 is 4.79 Å². The van der Waals surface area contributed by atoms with Gasteiger partial charge in [0, 0.05) is 12.4 Å². The van der Waals surface area contributed by atoms with Crippen molar-refractivity contribution in [1.29, 1.82) is 0 Å². The second-order valence-corrected chi connectivity index (χ2v) is 4.53. The first-order chi connectivity index (χ1) is 9.25. The Labute approximate surface area is 111 Å². The van der Waals surface area contributed by atoms with Crippen LogP contribution in [0.5, 0.6) is 0 Å². The van der Waals surface area contributed by atoms with E-state index in [4.69, 9.17) is 0 Å². The molecule has 2 heterocycles. The summed E-state index contributed by atoms with van der Waals surface area (Å²) in [6.45, 7) is 2.48. The molecule has 1 aliphatic rings. The van der Waals surface area contributed by atoms with Crippen molar-refractivity contribution in [3.8, 4) is 0 Å². The number of hydrogen-bond acceptors (Lipinski definition) is 3. The van der Waals surface area contributed by atoms with Gasteiger partial charge in [0.25, 0.3) is 5.91 Å². The SMILES string of the molecule is CC1C(=O)N(c2ccccc2)N=C1Cn1ccnc1. The molecule has 0 spiro atoms. The molecule has 3 rings (SSSR count). The van der Waals surface area contributed by atoms with Crippen LogP contribution in [-0.2, 0) is 11.3 Å². The van der Waals surface area contributed by atoms with Gasteiger partial charge in [-0.2, -0.15) is 5.10 Å². The lowest BCUT2D eigenvalue weighted by molar-refractivity contribution is -0.119. The molecule has 5 heteroatoms. The molecule has 1 atom stereocenters. The normalized spacial score (nSPS) is 18.8. The van der Waals surface area contributed by atoms with Gasteiger partial charge in [-0.05, 0) is 19.1 Å². The Morgan fingerprint density at radius 3 is 2.74 bits per heavy atom. The van der Waals surface area contributed by atoms with Crippen LogP contribution in [0.2, 0.25) is 0 Å². The number of amides is 1. The lowest BCUT2D eigenvalue weighted by atomic mass is 10.1.